The van der Waals surface area contributed by atoms with Crippen molar-refractivity contribution in [2.75, 3.05) is 5.32 Å². The molecule has 1 aromatic carbocycles. The first kappa shape index (κ1) is 27.8. The summed E-state index contributed by atoms with van der Waals surface area (Å²) < 4.78 is 66.0. The number of anilines is 1. The molecule has 3 fully saturated rings. The van der Waals surface area contributed by atoms with Gasteiger partial charge in [0.15, 0.2) is 0 Å². The number of rotatable bonds is 8. The second-order valence-electron chi connectivity index (χ2n) is 11.4. The van der Waals surface area contributed by atoms with Crippen LogP contribution in [0, 0.1) is 5.92 Å². The molecule has 0 unspecified atom stereocenters. The van der Waals surface area contributed by atoms with E-state index < -0.39 is 36.5 Å². The first-order valence-electron chi connectivity index (χ1n) is 13.6. The van der Waals surface area contributed by atoms with Crippen LogP contribution in [-0.2, 0) is 16.1 Å². The molecular formula is C27H33F5N4O3. The number of nitrogens with one attached hydrogen (secondary N) is 3. The normalized spacial score (nSPS) is 28.1. The van der Waals surface area contributed by atoms with Gasteiger partial charge in [0, 0.05) is 67.2 Å². The first-order valence-corrected chi connectivity index (χ1v) is 13.6. The molecule has 3 N–H and O–H groups in total. The summed E-state index contributed by atoms with van der Waals surface area (Å²) in [6.45, 7) is 0.123. The maximum absolute atomic E-state index is 13.2. The Morgan fingerprint density at radius 2 is 1.74 bits per heavy atom. The minimum Gasteiger partial charge on any atom is -0.382 e. The average Bonchev–Trinajstić information content (AvgIpc) is 3.17. The first-order chi connectivity index (χ1) is 18.4. The molecule has 5 rings (SSSR count). The molecular weight excluding hydrogens is 523 g/mol. The molecule has 214 valence electrons. The molecule has 12 heteroatoms. The summed E-state index contributed by atoms with van der Waals surface area (Å²) >= 11 is 0. The molecule has 2 atom stereocenters. The Morgan fingerprint density at radius 1 is 1.03 bits per heavy atom. The maximum atomic E-state index is 13.2. The van der Waals surface area contributed by atoms with E-state index in [1.165, 1.54) is 4.90 Å². The standard InChI is InChI=1S/C27H33F5N4O3/c28-26(29)12-17(13-26)33-16-6-4-15(5-7-16)20(10-11-27(30,31)32)34-21-3-1-2-18-19(21)14-36(25(18)39)22-8-9-23(37)35-24(22)38/h1-3,15-17,20,22,33-34H,4-14H2,(H,35,37,38)/t15?,16?,20-,22-/m1/s1. The molecule has 2 aliphatic heterocycles. The Bertz CT molecular complexity index is 1110. The van der Waals surface area contributed by atoms with Crippen molar-refractivity contribution in [3.8, 4) is 0 Å². The van der Waals surface area contributed by atoms with E-state index in [-0.39, 0.29) is 68.5 Å². The second-order valence-corrected chi connectivity index (χ2v) is 11.4. The van der Waals surface area contributed by atoms with Crippen LogP contribution < -0.4 is 16.0 Å². The van der Waals surface area contributed by atoms with Crippen molar-refractivity contribution in [3.63, 3.8) is 0 Å². The van der Waals surface area contributed by atoms with E-state index in [1.807, 2.05) is 0 Å². The van der Waals surface area contributed by atoms with Crippen molar-refractivity contribution >= 4 is 23.4 Å². The fourth-order valence-corrected chi connectivity index (χ4v) is 6.47. The topological polar surface area (TPSA) is 90.5 Å². The molecule has 0 aromatic heterocycles. The number of benzene rings is 1. The third kappa shape index (κ3) is 6.36. The van der Waals surface area contributed by atoms with Crippen molar-refractivity contribution in [2.24, 2.45) is 5.92 Å². The van der Waals surface area contributed by atoms with Crippen LogP contribution in [0.4, 0.5) is 27.6 Å². The molecule has 1 saturated heterocycles. The number of alkyl halides is 5. The van der Waals surface area contributed by atoms with E-state index in [2.05, 4.69) is 16.0 Å². The number of hydrogen-bond donors (Lipinski definition) is 3. The zero-order valence-electron chi connectivity index (χ0n) is 21.5. The Kier molecular flexibility index (Phi) is 7.60. The number of nitrogens with zero attached hydrogens (tertiary/aromatic N) is 1. The molecule has 7 nitrogen and oxygen atoms in total. The Labute approximate surface area is 223 Å². The lowest BCUT2D eigenvalue weighted by Crippen LogP contribution is -2.52. The third-order valence-corrected chi connectivity index (χ3v) is 8.56. The van der Waals surface area contributed by atoms with E-state index in [0.717, 1.165) is 0 Å². The van der Waals surface area contributed by atoms with Gasteiger partial charge in [0.25, 0.3) is 11.8 Å². The van der Waals surface area contributed by atoms with Gasteiger partial charge in [-0.25, -0.2) is 8.78 Å². The van der Waals surface area contributed by atoms with Crippen LogP contribution in [0.1, 0.15) is 80.1 Å². The molecule has 0 spiro atoms. The number of hydrogen-bond acceptors (Lipinski definition) is 5. The van der Waals surface area contributed by atoms with Crippen LogP contribution in [0.15, 0.2) is 18.2 Å². The number of carbonyl (C=O) groups is 3. The third-order valence-electron chi connectivity index (χ3n) is 8.56. The van der Waals surface area contributed by atoms with Gasteiger partial charge in [-0.3, -0.25) is 19.7 Å². The summed E-state index contributed by atoms with van der Waals surface area (Å²) in [5.74, 6) is -3.91. The van der Waals surface area contributed by atoms with Gasteiger partial charge >= 0.3 is 6.18 Å². The van der Waals surface area contributed by atoms with Gasteiger partial charge in [-0.15, -0.1) is 0 Å². The van der Waals surface area contributed by atoms with Crippen LogP contribution >= 0.6 is 0 Å². The van der Waals surface area contributed by atoms with Crippen LogP contribution in [0.3, 0.4) is 0 Å². The Hall–Kier alpha value is -2.76. The highest BCUT2D eigenvalue weighted by Gasteiger charge is 2.46. The summed E-state index contributed by atoms with van der Waals surface area (Å²) in [6.07, 6.45) is -2.67. The number of halogens is 5. The molecule has 2 aliphatic carbocycles. The van der Waals surface area contributed by atoms with Gasteiger partial charge in [0.1, 0.15) is 6.04 Å². The van der Waals surface area contributed by atoms with Crippen molar-refractivity contribution in [1.29, 1.82) is 0 Å². The van der Waals surface area contributed by atoms with Gasteiger partial charge in [0.05, 0.1) is 0 Å². The zero-order chi connectivity index (χ0) is 27.9. The lowest BCUT2D eigenvalue weighted by atomic mass is 9.78. The van der Waals surface area contributed by atoms with Gasteiger partial charge in [0.2, 0.25) is 11.8 Å². The predicted molar refractivity (Wildman–Crippen MR) is 132 cm³/mol. The molecule has 0 bridgehead atoms. The number of amides is 3. The molecule has 2 saturated carbocycles. The average molecular weight is 557 g/mol. The summed E-state index contributed by atoms with van der Waals surface area (Å²) in [5.41, 5.74) is 1.59. The molecule has 0 radical (unpaired) electrons. The molecule has 39 heavy (non-hydrogen) atoms. The van der Waals surface area contributed by atoms with Gasteiger partial charge in [-0.2, -0.15) is 13.2 Å². The SMILES string of the molecule is O=C1CC[C@@H](N2Cc3c(N[C@H](CCC(F)(F)F)C4CCC(NC5CC(F)(F)C5)CC4)cccc3C2=O)C(=O)N1. The highest BCUT2D eigenvalue weighted by atomic mass is 19.4. The van der Waals surface area contributed by atoms with Crippen molar-refractivity contribution in [2.45, 2.75) is 107 Å². The van der Waals surface area contributed by atoms with E-state index in [9.17, 15) is 36.3 Å². The molecule has 4 aliphatic rings. The van der Waals surface area contributed by atoms with Crippen molar-refractivity contribution in [1.82, 2.24) is 15.5 Å². The summed E-state index contributed by atoms with van der Waals surface area (Å²) in [7, 11) is 0. The predicted octanol–water partition coefficient (Wildman–Crippen LogP) is 4.52. The lowest BCUT2D eigenvalue weighted by molar-refractivity contribution is -0.137. The molecule has 1 aromatic rings. The molecule has 2 heterocycles. The fraction of sp³-hybridized carbons (Fsp3) is 0.667. The van der Waals surface area contributed by atoms with Crippen molar-refractivity contribution in [3.05, 3.63) is 29.3 Å². The summed E-state index contributed by atoms with van der Waals surface area (Å²) in [6, 6.07) is 3.64. The van der Waals surface area contributed by atoms with E-state index in [1.54, 1.807) is 18.2 Å². The lowest BCUT2D eigenvalue weighted by Gasteiger charge is -2.41. The van der Waals surface area contributed by atoms with E-state index in [0.29, 0.717) is 42.5 Å². The number of carbonyl (C=O) groups excluding carboxylic acids is 3. The summed E-state index contributed by atoms with van der Waals surface area (Å²) in [4.78, 5) is 38.5. The maximum Gasteiger partial charge on any atom is 0.389 e. The van der Waals surface area contributed by atoms with E-state index in [4.69, 9.17) is 0 Å². The van der Waals surface area contributed by atoms with Crippen LogP contribution in [-0.4, -0.2) is 58.9 Å². The highest BCUT2D eigenvalue weighted by Crippen LogP contribution is 2.40. The Balaban J connectivity index is 1.27. The Morgan fingerprint density at radius 3 is 2.38 bits per heavy atom. The number of imide groups is 1. The largest absolute Gasteiger partial charge is 0.389 e. The van der Waals surface area contributed by atoms with E-state index >= 15 is 0 Å². The van der Waals surface area contributed by atoms with Crippen molar-refractivity contribution < 1.29 is 36.3 Å². The summed E-state index contributed by atoms with van der Waals surface area (Å²) in [5, 5.41) is 8.86. The highest BCUT2D eigenvalue weighted by molar-refractivity contribution is 6.06. The smallest absolute Gasteiger partial charge is 0.382 e. The zero-order valence-corrected chi connectivity index (χ0v) is 21.5. The van der Waals surface area contributed by atoms with Gasteiger partial charge < -0.3 is 15.5 Å². The second kappa shape index (κ2) is 10.7. The minimum atomic E-state index is -4.31. The number of fused-ring (bicyclic) bond motifs is 1. The number of piperidine rings is 1. The minimum absolute atomic E-state index is 0.0487. The van der Waals surface area contributed by atoms with Gasteiger partial charge in [-0.1, -0.05) is 6.07 Å². The van der Waals surface area contributed by atoms with Crippen LogP contribution in [0.2, 0.25) is 0 Å². The van der Waals surface area contributed by atoms with Gasteiger partial charge in [-0.05, 0) is 56.6 Å². The fourth-order valence-electron chi connectivity index (χ4n) is 6.47. The monoisotopic (exact) mass is 556 g/mol. The molecule has 3 amide bonds. The quantitative estimate of drug-likeness (QED) is 0.324. The van der Waals surface area contributed by atoms with Crippen LogP contribution in [0.5, 0.6) is 0 Å². The van der Waals surface area contributed by atoms with Crippen LogP contribution in [0.25, 0.3) is 0 Å².